The van der Waals surface area contributed by atoms with Crippen LogP contribution < -0.4 is 0 Å². The van der Waals surface area contributed by atoms with Crippen molar-refractivity contribution in [3.8, 4) is 0 Å². The Morgan fingerprint density at radius 2 is 1.29 bits per heavy atom. The predicted molar refractivity (Wildman–Crippen MR) is 112 cm³/mol. The molecule has 0 saturated carbocycles. The molecule has 0 fully saturated rings. The molecular formula is C22H46O6. The topological polar surface area (TPSA) is 77.4 Å². The number of hydrogen-bond acceptors (Lipinski definition) is 6. The van der Waals surface area contributed by atoms with E-state index >= 15 is 0 Å². The van der Waals surface area contributed by atoms with Gasteiger partial charge < -0.3 is 29.2 Å². The number of aliphatic hydroxyl groups is 2. The minimum Gasteiger partial charge on any atom is -0.394 e. The highest BCUT2D eigenvalue weighted by molar-refractivity contribution is 4.73. The Labute approximate surface area is 172 Å². The van der Waals surface area contributed by atoms with Crippen LogP contribution in [0.5, 0.6) is 0 Å². The second-order valence-corrected chi connectivity index (χ2v) is 7.21. The van der Waals surface area contributed by atoms with E-state index in [1.807, 2.05) is 20.8 Å². The zero-order chi connectivity index (χ0) is 21.1. The highest BCUT2D eigenvalue weighted by Gasteiger charge is 2.41. The Bertz CT molecular complexity index is 309. The van der Waals surface area contributed by atoms with Gasteiger partial charge in [-0.1, -0.05) is 45.4 Å². The Morgan fingerprint density at radius 3 is 1.82 bits per heavy atom. The first kappa shape index (κ1) is 27.8. The molecule has 0 radical (unpaired) electrons. The predicted octanol–water partition coefficient (Wildman–Crippen LogP) is 4.27. The van der Waals surface area contributed by atoms with E-state index in [0.29, 0.717) is 26.4 Å². The lowest BCUT2D eigenvalue weighted by molar-refractivity contribution is -0.403. The number of aliphatic hydroxyl groups excluding tert-OH is 2. The molecule has 2 atom stereocenters. The molecule has 0 rings (SSSR count). The SMILES string of the molecule is CCCCCCCCC(CCCOCC(O)CO)C(OCC)(OCC)OCC. The van der Waals surface area contributed by atoms with Gasteiger partial charge in [-0.15, -0.1) is 0 Å². The summed E-state index contributed by atoms with van der Waals surface area (Å²) >= 11 is 0. The summed E-state index contributed by atoms with van der Waals surface area (Å²) in [5, 5.41) is 18.2. The van der Waals surface area contributed by atoms with Gasteiger partial charge in [-0.05, 0) is 40.0 Å². The molecule has 0 aromatic heterocycles. The fourth-order valence-corrected chi connectivity index (χ4v) is 3.45. The summed E-state index contributed by atoms with van der Waals surface area (Å²) in [6.45, 7) is 10.2. The smallest absolute Gasteiger partial charge is 0.285 e. The minimum atomic E-state index is -0.994. The zero-order valence-electron chi connectivity index (χ0n) is 18.8. The number of rotatable bonds is 21. The Kier molecular flexibility index (Phi) is 18.6. The molecule has 28 heavy (non-hydrogen) atoms. The van der Waals surface area contributed by atoms with Crippen molar-refractivity contribution in [3.63, 3.8) is 0 Å². The molecule has 0 bridgehead atoms. The first-order valence-electron chi connectivity index (χ1n) is 11.4. The summed E-state index contributed by atoms with van der Waals surface area (Å²) in [5.74, 6) is -0.864. The standard InChI is InChI=1S/C22H46O6/c1-5-9-10-11-12-13-15-20(16-14-17-25-19-21(24)18-23)22(26-6-2,27-7-3)28-8-4/h20-21,23-24H,5-19H2,1-4H3. The molecule has 170 valence electrons. The highest BCUT2D eigenvalue weighted by Crippen LogP contribution is 2.34. The molecule has 2 N–H and O–H groups in total. The van der Waals surface area contributed by atoms with Crippen LogP contribution in [0.15, 0.2) is 0 Å². The Hall–Kier alpha value is -0.240. The average Bonchev–Trinajstić information content (AvgIpc) is 2.68. The molecule has 6 heteroatoms. The van der Waals surface area contributed by atoms with Gasteiger partial charge in [-0.2, -0.15) is 0 Å². The molecule has 2 unspecified atom stereocenters. The van der Waals surface area contributed by atoms with E-state index in [1.165, 1.54) is 32.1 Å². The number of unbranched alkanes of at least 4 members (excludes halogenated alkanes) is 5. The van der Waals surface area contributed by atoms with Crippen LogP contribution in [-0.4, -0.2) is 61.9 Å². The van der Waals surface area contributed by atoms with Gasteiger partial charge in [0.15, 0.2) is 0 Å². The highest BCUT2D eigenvalue weighted by atomic mass is 16.9. The molecular weight excluding hydrogens is 360 g/mol. The van der Waals surface area contributed by atoms with Crippen molar-refractivity contribution in [3.05, 3.63) is 0 Å². The largest absolute Gasteiger partial charge is 0.394 e. The van der Waals surface area contributed by atoms with Crippen LogP contribution in [0.3, 0.4) is 0 Å². The van der Waals surface area contributed by atoms with Gasteiger partial charge in [0.05, 0.1) is 13.2 Å². The van der Waals surface area contributed by atoms with Crippen molar-refractivity contribution in [1.82, 2.24) is 0 Å². The summed E-state index contributed by atoms with van der Waals surface area (Å²) in [6, 6.07) is 0. The third-order valence-electron chi connectivity index (χ3n) is 4.80. The second-order valence-electron chi connectivity index (χ2n) is 7.21. The molecule has 0 spiro atoms. The second kappa shape index (κ2) is 18.8. The van der Waals surface area contributed by atoms with E-state index in [0.717, 1.165) is 25.7 Å². The van der Waals surface area contributed by atoms with Crippen LogP contribution >= 0.6 is 0 Å². The van der Waals surface area contributed by atoms with Crippen molar-refractivity contribution in [2.45, 2.75) is 97.6 Å². The van der Waals surface area contributed by atoms with Crippen molar-refractivity contribution < 1.29 is 29.2 Å². The van der Waals surface area contributed by atoms with Crippen LogP contribution in [0.25, 0.3) is 0 Å². The van der Waals surface area contributed by atoms with E-state index in [-0.39, 0.29) is 19.1 Å². The van der Waals surface area contributed by atoms with Gasteiger partial charge in [0, 0.05) is 32.3 Å². The fraction of sp³-hybridized carbons (Fsp3) is 1.00. The van der Waals surface area contributed by atoms with Crippen LogP contribution in [0, 0.1) is 5.92 Å². The molecule has 0 aliphatic carbocycles. The molecule has 0 saturated heterocycles. The maximum absolute atomic E-state index is 9.38. The molecule has 0 aromatic carbocycles. The minimum absolute atomic E-state index is 0.130. The maximum atomic E-state index is 9.38. The van der Waals surface area contributed by atoms with Crippen LogP contribution in [-0.2, 0) is 18.9 Å². The summed E-state index contributed by atoms with van der Waals surface area (Å²) < 4.78 is 23.5. The van der Waals surface area contributed by atoms with Gasteiger partial charge in [0.2, 0.25) is 0 Å². The summed E-state index contributed by atoms with van der Waals surface area (Å²) in [6.07, 6.45) is 9.36. The summed E-state index contributed by atoms with van der Waals surface area (Å²) in [4.78, 5) is 0. The lowest BCUT2D eigenvalue weighted by Crippen LogP contribution is -2.47. The normalized spacial score (nSPS) is 14.4. The van der Waals surface area contributed by atoms with E-state index < -0.39 is 12.1 Å². The monoisotopic (exact) mass is 406 g/mol. The van der Waals surface area contributed by atoms with E-state index in [9.17, 15) is 5.11 Å². The van der Waals surface area contributed by atoms with Crippen molar-refractivity contribution >= 4 is 0 Å². The maximum Gasteiger partial charge on any atom is 0.285 e. The average molecular weight is 407 g/mol. The molecule has 0 aromatic rings. The lowest BCUT2D eigenvalue weighted by atomic mass is 9.93. The van der Waals surface area contributed by atoms with Gasteiger partial charge in [0.25, 0.3) is 5.97 Å². The molecule has 0 aliphatic heterocycles. The van der Waals surface area contributed by atoms with Crippen molar-refractivity contribution in [2.75, 3.05) is 39.6 Å². The first-order chi connectivity index (χ1) is 13.6. The van der Waals surface area contributed by atoms with Gasteiger partial charge in [0.1, 0.15) is 6.10 Å². The third kappa shape index (κ3) is 12.3. The summed E-state index contributed by atoms with van der Waals surface area (Å²) in [5.41, 5.74) is 0. The van der Waals surface area contributed by atoms with Crippen LogP contribution in [0.1, 0.15) is 85.5 Å². The van der Waals surface area contributed by atoms with Crippen molar-refractivity contribution in [2.24, 2.45) is 5.92 Å². The van der Waals surface area contributed by atoms with Crippen LogP contribution in [0.2, 0.25) is 0 Å². The first-order valence-corrected chi connectivity index (χ1v) is 11.4. The summed E-state index contributed by atoms with van der Waals surface area (Å²) in [7, 11) is 0. The Balaban J connectivity index is 4.76. The van der Waals surface area contributed by atoms with Crippen molar-refractivity contribution in [1.29, 1.82) is 0 Å². The number of ether oxygens (including phenoxy) is 4. The zero-order valence-corrected chi connectivity index (χ0v) is 18.8. The molecule has 0 amide bonds. The third-order valence-corrected chi connectivity index (χ3v) is 4.80. The van der Waals surface area contributed by atoms with Gasteiger partial charge in [-0.3, -0.25) is 0 Å². The lowest BCUT2D eigenvalue weighted by Gasteiger charge is -2.39. The number of hydrogen-bond donors (Lipinski definition) is 2. The van der Waals surface area contributed by atoms with E-state index in [2.05, 4.69) is 6.92 Å². The molecule has 0 heterocycles. The van der Waals surface area contributed by atoms with E-state index in [4.69, 9.17) is 24.1 Å². The fourth-order valence-electron chi connectivity index (χ4n) is 3.45. The van der Waals surface area contributed by atoms with Crippen LogP contribution in [0.4, 0.5) is 0 Å². The molecule has 6 nitrogen and oxygen atoms in total. The Morgan fingerprint density at radius 1 is 0.750 bits per heavy atom. The molecule has 0 aliphatic rings. The van der Waals surface area contributed by atoms with Gasteiger partial charge in [-0.25, -0.2) is 0 Å². The van der Waals surface area contributed by atoms with E-state index in [1.54, 1.807) is 0 Å². The quantitative estimate of drug-likeness (QED) is 0.219. The van der Waals surface area contributed by atoms with Gasteiger partial charge >= 0.3 is 0 Å².